The maximum absolute atomic E-state index is 11.8. The Hall–Kier alpha value is -3.75. The van der Waals surface area contributed by atoms with Crippen molar-refractivity contribution >= 4 is 33.2 Å². The molecule has 0 aromatic heterocycles. The molecule has 9 nitrogen and oxygen atoms in total. The van der Waals surface area contributed by atoms with Crippen LogP contribution in [0.15, 0.2) is 24.3 Å². The largest absolute Gasteiger partial charge is 0.493 e. The van der Waals surface area contributed by atoms with Gasteiger partial charge in [-0.25, -0.2) is 4.79 Å². The molecule has 0 atom stereocenters. The van der Waals surface area contributed by atoms with Crippen LogP contribution in [-0.2, 0) is 0 Å². The van der Waals surface area contributed by atoms with Crippen LogP contribution in [-0.4, -0.2) is 37.0 Å². The molecule has 3 aromatic rings. The van der Waals surface area contributed by atoms with Crippen LogP contribution in [0.1, 0.15) is 10.4 Å². The number of carboxylic acid groups (broad SMARTS) is 1. The van der Waals surface area contributed by atoms with Crippen LogP contribution >= 0.6 is 0 Å². The molecular weight excluding hydrogens is 358 g/mol. The molecule has 27 heavy (non-hydrogen) atoms. The van der Waals surface area contributed by atoms with Gasteiger partial charge >= 0.3 is 5.97 Å². The van der Waals surface area contributed by atoms with Gasteiger partial charge in [-0.3, -0.25) is 10.1 Å². The molecular formula is C18H13NO8. The fourth-order valence-corrected chi connectivity index (χ4v) is 3.40. The molecule has 1 N–H and O–H groups in total. The molecule has 138 valence electrons. The van der Waals surface area contributed by atoms with Crippen LogP contribution in [0.3, 0.4) is 0 Å². The zero-order chi connectivity index (χ0) is 19.3. The van der Waals surface area contributed by atoms with Crippen LogP contribution in [0.4, 0.5) is 5.69 Å². The molecule has 1 heterocycles. The maximum atomic E-state index is 11.8. The lowest BCUT2D eigenvalue weighted by Gasteiger charge is -2.14. The average Bonchev–Trinajstić information content (AvgIpc) is 3.13. The number of methoxy groups -OCH3 is 2. The number of nitro groups is 1. The molecule has 0 radical (unpaired) electrons. The van der Waals surface area contributed by atoms with E-state index in [4.69, 9.17) is 18.9 Å². The zero-order valence-corrected chi connectivity index (χ0v) is 14.3. The third-order valence-corrected chi connectivity index (χ3v) is 4.48. The first-order valence-electron chi connectivity index (χ1n) is 7.79. The molecule has 0 bridgehead atoms. The molecule has 0 spiro atoms. The van der Waals surface area contributed by atoms with Gasteiger partial charge in [0.1, 0.15) is 0 Å². The third kappa shape index (κ3) is 2.28. The number of ether oxygens (including phenoxy) is 4. The number of hydrogen-bond acceptors (Lipinski definition) is 7. The number of hydrogen-bond donors (Lipinski definition) is 1. The highest BCUT2D eigenvalue weighted by Crippen LogP contribution is 2.50. The second-order valence-electron chi connectivity index (χ2n) is 5.76. The van der Waals surface area contributed by atoms with Crippen molar-refractivity contribution in [3.05, 3.63) is 39.9 Å². The van der Waals surface area contributed by atoms with Crippen LogP contribution in [0, 0.1) is 10.1 Å². The predicted molar refractivity (Wildman–Crippen MR) is 94.3 cm³/mol. The van der Waals surface area contributed by atoms with Crippen molar-refractivity contribution in [3.8, 4) is 23.0 Å². The number of carbonyl (C=O) groups is 1. The molecule has 0 saturated carbocycles. The first kappa shape index (κ1) is 16.7. The average molecular weight is 371 g/mol. The SMILES string of the molecule is COc1ccc2c(cc([N+](=O)[O-])c3c(C(=O)O)cc4c(c32)OCO4)c1OC. The lowest BCUT2D eigenvalue weighted by Crippen LogP contribution is -2.02. The van der Waals surface area contributed by atoms with Crippen molar-refractivity contribution in [2.24, 2.45) is 0 Å². The Kier molecular flexibility index (Phi) is 3.65. The predicted octanol–water partition coefficient (Wildman–Crippen LogP) is 3.35. The summed E-state index contributed by atoms with van der Waals surface area (Å²) in [6, 6.07) is 5.85. The van der Waals surface area contributed by atoms with Gasteiger partial charge in [-0.2, -0.15) is 0 Å². The lowest BCUT2D eigenvalue weighted by molar-refractivity contribution is -0.383. The van der Waals surface area contributed by atoms with Crippen molar-refractivity contribution in [2.75, 3.05) is 21.0 Å². The maximum Gasteiger partial charge on any atom is 0.336 e. The van der Waals surface area contributed by atoms with E-state index in [1.807, 2.05) is 0 Å². The highest BCUT2D eigenvalue weighted by molar-refractivity contribution is 6.22. The van der Waals surface area contributed by atoms with Gasteiger partial charge in [0.05, 0.1) is 30.1 Å². The van der Waals surface area contributed by atoms with Gasteiger partial charge in [0, 0.05) is 16.8 Å². The third-order valence-electron chi connectivity index (χ3n) is 4.48. The Morgan fingerprint density at radius 1 is 1.15 bits per heavy atom. The van der Waals surface area contributed by atoms with E-state index in [0.29, 0.717) is 22.3 Å². The van der Waals surface area contributed by atoms with Gasteiger partial charge in [0.15, 0.2) is 23.0 Å². The quantitative estimate of drug-likeness (QED) is 0.421. The standard InChI is InChI=1S/C18H13NO8/c1-24-12-4-3-8-9(16(12)25-2)5-11(19(22)23)14-10(18(20)21)6-13-17(15(8)14)27-7-26-13/h3-6H,7H2,1-2H3,(H,20,21). The summed E-state index contributed by atoms with van der Waals surface area (Å²) < 4.78 is 21.5. The lowest BCUT2D eigenvalue weighted by atomic mass is 9.94. The van der Waals surface area contributed by atoms with E-state index in [-0.39, 0.29) is 40.3 Å². The molecule has 0 aliphatic carbocycles. The van der Waals surface area contributed by atoms with Gasteiger partial charge in [0.25, 0.3) is 5.69 Å². The number of nitrogens with zero attached hydrogens (tertiary/aromatic N) is 1. The smallest absolute Gasteiger partial charge is 0.336 e. The van der Waals surface area contributed by atoms with Crippen molar-refractivity contribution in [3.63, 3.8) is 0 Å². The zero-order valence-electron chi connectivity index (χ0n) is 14.3. The number of aromatic carboxylic acids is 1. The van der Waals surface area contributed by atoms with E-state index < -0.39 is 10.9 Å². The number of carboxylic acids is 1. The van der Waals surface area contributed by atoms with Crippen LogP contribution in [0.2, 0.25) is 0 Å². The van der Waals surface area contributed by atoms with E-state index in [0.717, 1.165) is 0 Å². The van der Waals surface area contributed by atoms with Gasteiger partial charge in [-0.05, 0) is 23.6 Å². The Bertz CT molecular complexity index is 1140. The molecule has 1 aliphatic heterocycles. The van der Waals surface area contributed by atoms with E-state index >= 15 is 0 Å². The molecule has 0 saturated heterocycles. The van der Waals surface area contributed by atoms with Gasteiger partial charge < -0.3 is 24.1 Å². The second-order valence-corrected chi connectivity index (χ2v) is 5.76. The summed E-state index contributed by atoms with van der Waals surface area (Å²) in [6.07, 6.45) is 0. The van der Waals surface area contributed by atoms with E-state index in [1.54, 1.807) is 12.1 Å². The summed E-state index contributed by atoms with van der Waals surface area (Å²) in [4.78, 5) is 22.9. The first-order chi connectivity index (χ1) is 13.0. The van der Waals surface area contributed by atoms with E-state index in [9.17, 15) is 20.0 Å². The molecule has 0 fully saturated rings. The second kappa shape index (κ2) is 5.90. The minimum Gasteiger partial charge on any atom is -0.493 e. The van der Waals surface area contributed by atoms with Crippen molar-refractivity contribution < 1.29 is 33.8 Å². The minimum atomic E-state index is -1.30. The fraction of sp³-hybridized carbons (Fsp3) is 0.167. The number of nitro benzene ring substituents is 1. The molecule has 3 aromatic carbocycles. The Labute approximate surface area is 151 Å². The highest BCUT2D eigenvalue weighted by atomic mass is 16.7. The van der Waals surface area contributed by atoms with Crippen LogP contribution in [0.25, 0.3) is 21.5 Å². The Morgan fingerprint density at radius 3 is 2.56 bits per heavy atom. The Balaban J connectivity index is 2.32. The van der Waals surface area contributed by atoms with Crippen molar-refractivity contribution in [2.45, 2.75) is 0 Å². The van der Waals surface area contributed by atoms with Crippen molar-refractivity contribution in [1.82, 2.24) is 0 Å². The highest BCUT2D eigenvalue weighted by Gasteiger charge is 2.30. The summed E-state index contributed by atoms with van der Waals surface area (Å²) >= 11 is 0. The van der Waals surface area contributed by atoms with Crippen LogP contribution < -0.4 is 18.9 Å². The molecule has 1 aliphatic rings. The normalized spacial score (nSPS) is 12.4. The van der Waals surface area contributed by atoms with E-state index in [1.165, 1.54) is 26.4 Å². The number of rotatable bonds is 4. The molecule has 0 amide bonds. The summed E-state index contributed by atoms with van der Waals surface area (Å²) in [7, 11) is 2.88. The first-order valence-corrected chi connectivity index (χ1v) is 7.79. The van der Waals surface area contributed by atoms with E-state index in [2.05, 4.69) is 0 Å². The van der Waals surface area contributed by atoms with Crippen LogP contribution in [0.5, 0.6) is 23.0 Å². The number of non-ortho nitro benzene ring substituents is 1. The Morgan fingerprint density at radius 2 is 1.93 bits per heavy atom. The summed E-state index contributed by atoms with van der Waals surface area (Å²) in [5, 5.41) is 22.5. The van der Waals surface area contributed by atoms with Gasteiger partial charge in [-0.15, -0.1) is 0 Å². The molecule has 4 rings (SSSR count). The summed E-state index contributed by atoms with van der Waals surface area (Å²) in [5.41, 5.74) is -0.614. The number of fused-ring (bicyclic) bond motifs is 5. The summed E-state index contributed by atoms with van der Waals surface area (Å²) in [5.74, 6) is -0.135. The monoisotopic (exact) mass is 371 g/mol. The number of benzene rings is 3. The van der Waals surface area contributed by atoms with Gasteiger partial charge in [0.2, 0.25) is 6.79 Å². The van der Waals surface area contributed by atoms with Crippen molar-refractivity contribution in [1.29, 1.82) is 0 Å². The molecule has 9 heteroatoms. The molecule has 0 unspecified atom stereocenters. The topological polar surface area (TPSA) is 117 Å². The minimum absolute atomic E-state index is 0.0310. The summed E-state index contributed by atoms with van der Waals surface area (Å²) in [6.45, 7) is -0.106. The fourth-order valence-electron chi connectivity index (χ4n) is 3.40. The van der Waals surface area contributed by atoms with Gasteiger partial charge in [-0.1, -0.05) is 0 Å².